The molecule has 1 aliphatic rings. The molecule has 1 aliphatic carbocycles. The van der Waals surface area contributed by atoms with Crippen molar-refractivity contribution in [3.05, 3.63) is 90.6 Å². The predicted molar refractivity (Wildman–Crippen MR) is 137 cm³/mol. The van der Waals surface area contributed by atoms with E-state index in [4.69, 9.17) is 9.40 Å². The molecule has 0 amide bonds. The Morgan fingerprint density at radius 3 is 2.12 bits per heavy atom. The molecule has 2 nitrogen and oxygen atoms in total. The lowest BCUT2D eigenvalue weighted by Crippen LogP contribution is -2.26. The van der Waals surface area contributed by atoms with Crippen LogP contribution in [0.1, 0.15) is 45.1 Å². The molecule has 0 spiro atoms. The van der Waals surface area contributed by atoms with Gasteiger partial charge in [0, 0.05) is 22.5 Å². The molecule has 0 N–H and O–H groups in total. The van der Waals surface area contributed by atoms with Crippen molar-refractivity contribution in [2.24, 2.45) is 5.92 Å². The summed E-state index contributed by atoms with van der Waals surface area (Å²) in [5.41, 5.74) is 8.00. The largest absolute Gasteiger partial charge is 0.456 e. The maximum Gasteiger partial charge on any atom is 0.135 e. The molecule has 0 radical (unpaired) electrons. The summed E-state index contributed by atoms with van der Waals surface area (Å²) in [4.78, 5) is 4.76. The first-order chi connectivity index (χ1) is 16.1. The fourth-order valence-electron chi connectivity index (χ4n) is 5.62. The van der Waals surface area contributed by atoms with E-state index in [0.717, 1.165) is 39.1 Å². The number of hydrogen-bond acceptors (Lipinski definition) is 2. The molecule has 0 atom stereocenters. The van der Waals surface area contributed by atoms with Crippen molar-refractivity contribution in [1.29, 1.82) is 0 Å². The third-order valence-electron chi connectivity index (χ3n) is 7.75. The van der Waals surface area contributed by atoms with Crippen molar-refractivity contribution in [3.63, 3.8) is 0 Å². The summed E-state index contributed by atoms with van der Waals surface area (Å²) in [5.74, 6) is 0.754. The number of furan rings is 1. The molecule has 164 valence electrons. The molecule has 0 saturated heterocycles. The highest BCUT2D eigenvalue weighted by Crippen LogP contribution is 2.42. The average Bonchev–Trinajstić information content (AvgIpc) is 3.53. The normalized spacial score (nSPS) is 15.0. The summed E-state index contributed by atoms with van der Waals surface area (Å²) >= 11 is 0. The molecule has 0 aliphatic heterocycles. The Morgan fingerprint density at radius 2 is 1.39 bits per heavy atom. The number of rotatable bonds is 4. The van der Waals surface area contributed by atoms with Crippen molar-refractivity contribution in [2.75, 3.05) is 0 Å². The first kappa shape index (κ1) is 20.2. The Hall–Kier alpha value is -3.39. The second-order valence-corrected chi connectivity index (χ2v) is 10.0. The van der Waals surface area contributed by atoms with E-state index in [0.29, 0.717) is 0 Å². The molecular formula is C31H29NO. The molecule has 5 aromatic rings. The van der Waals surface area contributed by atoms with E-state index in [-0.39, 0.29) is 5.41 Å². The Bertz CT molecular complexity index is 1440. The molecule has 3 aromatic carbocycles. The van der Waals surface area contributed by atoms with Crippen molar-refractivity contribution < 1.29 is 4.42 Å². The molecule has 2 aromatic heterocycles. The maximum atomic E-state index is 6.16. The third kappa shape index (κ3) is 3.54. The van der Waals surface area contributed by atoms with E-state index in [9.17, 15) is 0 Å². The van der Waals surface area contributed by atoms with Gasteiger partial charge in [0.2, 0.25) is 0 Å². The van der Waals surface area contributed by atoms with Crippen molar-refractivity contribution in [3.8, 4) is 22.4 Å². The standard InChI is InChI=1S/C31H29NO/c1-31(2,24-10-6-7-11-24)25-16-17-32-28(20-25)23-13-15-30-27(19-23)26-18-22(12-14-29(26)33-30)21-8-4-3-5-9-21/h3-5,8-9,12-20,24H,6-7,10-11H2,1-2H3. The van der Waals surface area contributed by atoms with E-state index in [1.54, 1.807) is 0 Å². The van der Waals surface area contributed by atoms with Gasteiger partial charge in [-0.2, -0.15) is 0 Å². The van der Waals surface area contributed by atoms with Gasteiger partial charge in [0.15, 0.2) is 0 Å². The summed E-state index contributed by atoms with van der Waals surface area (Å²) in [6, 6.07) is 27.9. The number of benzene rings is 3. The van der Waals surface area contributed by atoms with Crippen molar-refractivity contribution >= 4 is 21.9 Å². The zero-order valence-electron chi connectivity index (χ0n) is 19.3. The number of fused-ring (bicyclic) bond motifs is 3. The maximum absolute atomic E-state index is 6.16. The van der Waals surface area contributed by atoms with Gasteiger partial charge in [0.1, 0.15) is 11.2 Å². The fraction of sp³-hybridized carbons (Fsp3) is 0.258. The predicted octanol–water partition coefficient (Wildman–Crippen LogP) is 8.78. The first-order valence-corrected chi connectivity index (χ1v) is 12.1. The lowest BCUT2D eigenvalue weighted by Gasteiger charge is -2.32. The topological polar surface area (TPSA) is 26.0 Å². The van der Waals surface area contributed by atoms with Gasteiger partial charge in [-0.3, -0.25) is 4.98 Å². The Balaban J connectivity index is 1.44. The molecule has 2 heteroatoms. The first-order valence-electron chi connectivity index (χ1n) is 12.1. The highest BCUT2D eigenvalue weighted by atomic mass is 16.3. The van der Waals surface area contributed by atoms with E-state index in [1.807, 2.05) is 6.20 Å². The van der Waals surface area contributed by atoms with Gasteiger partial charge in [-0.25, -0.2) is 0 Å². The zero-order valence-corrected chi connectivity index (χ0v) is 19.3. The molecule has 33 heavy (non-hydrogen) atoms. The summed E-state index contributed by atoms with van der Waals surface area (Å²) in [7, 11) is 0. The van der Waals surface area contributed by atoms with Crippen LogP contribution in [0.2, 0.25) is 0 Å². The smallest absolute Gasteiger partial charge is 0.135 e. The van der Waals surface area contributed by atoms with Crippen LogP contribution >= 0.6 is 0 Å². The highest BCUT2D eigenvalue weighted by Gasteiger charge is 2.33. The van der Waals surface area contributed by atoms with Crippen LogP contribution in [0.15, 0.2) is 89.5 Å². The van der Waals surface area contributed by atoms with Gasteiger partial charge in [0.05, 0.1) is 5.69 Å². The molecule has 0 unspecified atom stereocenters. The van der Waals surface area contributed by atoms with Crippen LogP contribution in [0.4, 0.5) is 0 Å². The van der Waals surface area contributed by atoms with Crippen LogP contribution in [-0.4, -0.2) is 4.98 Å². The average molecular weight is 432 g/mol. The molecule has 1 fully saturated rings. The minimum absolute atomic E-state index is 0.172. The van der Waals surface area contributed by atoms with Crippen LogP contribution in [0.3, 0.4) is 0 Å². The molecular weight excluding hydrogens is 402 g/mol. The van der Waals surface area contributed by atoms with E-state index < -0.39 is 0 Å². The van der Waals surface area contributed by atoms with Gasteiger partial charge in [-0.05, 0) is 83.3 Å². The van der Waals surface area contributed by atoms with Gasteiger partial charge in [-0.1, -0.05) is 63.1 Å². The lowest BCUT2D eigenvalue weighted by atomic mass is 9.72. The third-order valence-corrected chi connectivity index (χ3v) is 7.75. The SMILES string of the molecule is CC(C)(c1ccnc(-c2ccc3oc4ccc(-c5ccccc5)cc4c3c2)c1)C1CCCC1. The number of pyridine rings is 1. The van der Waals surface area contributed by atoms with Crippen molar-refractivity contribution in [1.82, 2.24) is 4.98 Å². The Labute approximate surface area is 195 Å². The van der Waals surface area contributed by atoms with Gasteiger partial charge in [-0.15, -0.1) is 0 Å². The Kier molecular flexibility index (Phi) is 4.83. The summed E-state index contributed by atoms with van der Waals surface area (Å²) in [6.45, 7) is 4.81. The Morgan fingerprint density at radius 1 is 0.727 bits per heavy atom. The van der Waals surface area contributed by atoms with Crippen LogP contribution in [0, 0.1) is 5.92 Å². The quantitative estimate of drug-likeness (QED) is 0.284. The van der Waals surface area contributed by atoms with Gasteiger partial charge >= 0.3 is 0 Å². The minimum Gasteiger partial charge on any atom is -0.456 e. The highest BCUT2D eigenvalue weighted by molar-refractivity contribution is 6.07. The van der Waals surface area contributed by atoms with E-state index in [2.05, 4.69) is 92.7 Å². The van der Waals surface area contributed by atoms with Crippen LogP contribution in [-0.2, 0) is 5.41 Å². The summed E-state index contributed by atoms with van der Waals surface area (Å²) in [6.07, 6.45) is 7.37. The molecule has 0 bridgehead atoms. The number of aromatic nitrogens is 1. The number of hydrogen-bond donors (Lipinski definition) is 0. The molecule has 2 heterocycles. The summed E-state index contributed by atoms with van der Waals surface area (Å²) in [5, 5.41) is 2.29. The molecule has 6 rings (SSSR count). The van der Waals surface area contributed by atoms with E-state index in [1.165, 1.54) is 42.4 Å². The second kappa shape index (κ2) is 7.88. The fourth-order valence-corrected chi connectivity index (χ4v) is 5.62. The lowest BCUT2D eigenvalue weighted by molar-refractivity contribution is 0.325. The monoisotopic (exact) mass is 431 g/mol. The zero-order chi connectivity index (χ0) is 22.4. The second-order valence-electron chi connectivity index (χ2n) is 10.0. The van der Waals surface area contributed by atoms with Gasteiger partial charge in [0.25, 0.3) is 0 Å². The minimum atomic E-state index is 0.172. The van der Waals surface area contributed by atoms with E-state index >= 15 is 0 Å². The van der Waals surface area contributed by atoms with Crippen LogP contribution in [0.25, 0.3) is 44.3 Å². The summed E-state index contributed by atoms with van der Waals surface area (Å²) < 4.78 is 6.16. The van der Waals surface area contributed by atoms with Crippen LogP contribution in [0.5, 0.6) is 0 Å². The molecule has 1 saturated carbocycles. The van der Waals surface area contributed by atoms with Crippen LogP contribution < -0.4 is 0 Å². The van der Waals surface area contributed by atoms with Gasteiger partial charge < -0.3 is 4.42 Å². The van der Waals surface area contributed by atoms with Crippen molar-refractivity contribution in [2.45, 2.75) is 44.9 Å². The number of nitrogens with zero attached hydrogens (tertiary/aromatic N) is 1.